The number of nitrogens with zero attached hydrogens (tertiary/aromatic N) is 6. The van der Waals surface area contributed by atoms with Crippen molar-refractivity contribution in [3.8, 4) is 5.69 Å². The van der Waals surface area contributed by atoms with E-state index in [1.807, 2.05) is 42.2 Å². The van der Waals surface area contributed by atoms with Crippen molar-refractivity contribution in [1.82, 2.24) is 29.1 Å². The van der Waals surface area contributed by atoms with E-state index in [-0.39, 0.29) is 12.1 Å². The normalized spacial score (nSPS) is 11.3. The summed E-state index contributed by atoms with van der Waals surface area (Å²) in [5, 5.41) is 5.29. The third-order valence-electron chi connectivity index (χ3n) is 5.49. The number of carbonyl (C=O) groups is 1. The van der Waals surface area contributed by atoms with Crippen LogP contribution in [-0.2, 0) is 6.54 Å². The molecule has 10 heteroatoms. The van der Waals surface area contributed by atoms with Gasteiger partial charge in [-0.2, -0.15) is 5.10 Å². The van der Waals surface area contributed by atoms with Gasteiger partial charge in [-0.15, -0.1) is 0 Å². The zero-order valence-corrected chi connectivity index (χ0v) is 18.0. The topological polar surface area (TPSA) is 127 Å². The second kappa shape index (κ2) is 8.23. The number of nitrogens with one attached hydrogen (secondary N) is 1. The van der Waals surface area contributed by atoms with E-state index in [0.29, 0.717) is 40.3 Å². The third kappa shape index (κ3) is 3.51. The summed E-state index contributed by atoms with van der Waals surface area (Å²) in [6.07, 6.45) is 5.54. The van der Waals surface area contributed by atoms with Crippen LogP contribution in [-0.4, -0.2) is 41.6 Å². The highest BCUT2D eigenvalue weighted by atomic mass is 16.1. The summed E-state index contributed by atoms with van der Waals surface area (Å²) in [6.45, 7) is 2.94. The number of fused-ring (bicyclic) bond motifs is 2. The lowest BCUT2D eigenvalue weighted by atomic mass is 10.2. The van der Waals surface area contributed by atoms with Gasteiger partial charge in [-0.05, 0) is 30.7 Å². The maximum atomic E-state index is 13.4. The Morgan fingerprint density at radius 2 is 1.97 bits per heavy atom. The number of anilines is 1. The van der Waals surface area contributed by atoms with Gasteiger partial charge in [0.25, 0.3) is 11.5 Å². The Bertz CT molecular complexity index is 1520. The number of hydrogen-bond donors (Lipinski definition) is 2. The van der Waals surface area contributed by atoms with Gasteiger partial charge < -0.3 is 15.6 Å². The van der Waals surface area contributed by atoms with Gasteiger partial charge in [-0.3, -0.25) is 14.2 Å². The van der Waals surface area contributed by atoms with Crippen molar-refractivity contribution in [2.75, 3.05) is 11.4 Å². The first-order valence-corrected chi connectivity index (χ1v) is 10.6. The lowest BCUT2D eigenvalue weighted by Gasteiger charge is -2.25. The molecule has 0 fully saturated rings. The molecule has 0 saturated carbocycles. The maximum absolute atomic E-state index is 13.4. The van der Waals surface area contributed by atoms with Crippen LogP contribution in [0.5, 0.6) is 0 Å². The summed E-state index contributed by atoms with van der Waals surface area (Å²) in [7, 11) is 0. The molecule has 3 N–H and O–H groups in total. The summed E-state index contributed by atoms with van der Waals surface area (Å²) in [5.41, 5.74) is 7.46. The van der Waals surface area contributed by atoms with Crippen LogP contribution in [0.4, 0.5) is 5.82 Å². The summed E-state index contributed by atoms with van der Waals surface area (Å²) in [6, 6.07) is 12.9. The Balaban J connectivity index is 1.70. The predicted octanol–water partition coefficient (Wildman–Crippen LogP) is 2.27. The van der Waals surface area contributed by atoms with Crippen LogP contribution >= 0.6 is 0 Å². The SMILES string of the molecule is CCCN(Cc1nn2cccc2c(=O)n1-c1ccccc1)c1ncnc2[nH]cc(C(N)=O)c12. The van der Waals surface area contributed by atoms with Crippen molar-refractivity contribution < 1.29 is 4.79 Å². The standard InChI is InChI=1S/C23H22N8O2/c1-2-10-29(22-19-16(20(24)32)12-25-21(19)26-14-27-22)13-18-28-30-11-6-9-17(30)23(33)31(18)15-7-4-3-5-8-15/h3-9,11-12,14H,2,10,13H2,1H3,(H2,24,32)(H,25,26,27). The number of benzene rings is 1. The molecule has 0 aliphatic heterocycles. The van der Waals surface area contributed by atoms with Gasteiger partial charge in [-0.25, -0.2) is 14.5 Å². The number of carbonyl (C=O) groups excluding carboxylic acids is 1. The number of H-pyrrole nitrogens is 1. The molecule has 1 amide bonds. The number of rotatable bonds is 7. The van der Waals surface area contributed by atoms with Gasteiger partial charge in [0.05, 0.1) is 23.2 Å². The van der Waals surface area contributed by atoms with E-state index >= 15 is 0 Å². The lowest BCUT2D eigenvalue weighted by Crippen LogP contribution is -2.32. The molecule has 5 rings (SSSR count). The van der Waals surface area contributed by atoms with Crippen LogP contribution in [0, 0.1) is 0 Å². The van der Waals surface area contributed by atoms with E-state index in [2.05, 4.69) is 15.0 Å². The van der Waals surface area contributed by atoms with E-state index < -0.39 is 5.91 Å². The molecule has 0 aliphatic carbocycles. The van der Waals surface area contributed by atoms with Crippen molar-refractivity contribution >= 4 is 28.3 Å². The van der Waals surface area contributed by atoms with Crippen molar-refractivity contribution in [2.45, 2.75) is 19.9 Å². The third-order valence-corrected chi connectivity index (χ3v) is 5.49. The Morgan fingerprint density at radius 3 is 2.73 bits per heavy atom. The molecule has 0 radical (unpaired) electrons. The monoisotopic (exact) mass is 442 g/mol. The second-order valence-corrected chi connectivity index (χ2v) is 7.64. The van der Waals surface area contributed by atoms with Crippen LogP contribution in [0.25, 0.3) is 22.2 Å². The Labute approximate surface area is 188 Å². The highest BCUT2D eigenvalue weighted by molar-refractivity contribution is 6.09. The summed E-state index contributed by atoms with van der Waals surface area (Å²) in [5.74, 6) is 0.520. The van der Waals surface area contributed by atoms with E-state index in [9.17, 15) is 9.59 Å². The fourth-order valence-corrected chi connectivity index (χ4v) is 4.06. The van der Waals surface area contributed by atoms with Gasteiger partial charge in [0.1, 0.15) is 23.3 Å². The highest BCUT2D eigenvalue weighted by Gasteiger charge is 2.22. The van der Waals surface area contributed by atoms with E-state index in [1.165, 1.54) is 6.33 Å². The fourth-order valence-electron chi connectivity index (χ4n) is 4.06. The van der Waals surface area contributed by atoms with Crippen LogP contribution in [0.15, 0.2) is 66.0 Å². The highest BCUT2D eigenvalue weighted by Crippen LogP contribution is 2.27. The smallest absolute Gasteiger partial charge is 0.282 e. The predicted molar refractivity (Wildman–Crippen MR) is 125 cm³/mol. The van der Waals surface area contributed by atoms with Gasteiger partial charge >= 0.3 is 0 Å². The first kappa shape index (κ1) is 20.4. The minimum Gasteiger partial charge on any atom is -0.366 e. The molecular formula is C23H22N8O2. The van der Waals surface area contributed by atoms with Gasteiger partial charge in [0.15, 0.2) is 5.82 Å². The number of primary amides is 1. The zero-order valence-electron chi connectivity index (χ0n) is 18.0. The zero-order chi connectivity index (χ0) is 22.9. The molecule has 166 valence electrons. The Morgan fingerprint density at radius 1 is 1.15 bits per heavy atom. The van der Waals surface area contributed by atoms with Crippen LogP contribution in [0.1, 0.15) is 29.5 Å². The van der Waals surface area contributed by atoms with Crippen molar-refractivity contribution in [3.63, 3.8) is 0 Å². The average Bonchev–Trinajstić information content (AvgIpc) is 3.47. The molecular weight excluding hydrogens is 420 g/mol. The van der Waals surface area contributed by atoms with Crippen molar-refractivity contribution in [3.05, 3.63) is 82.9 Å². The number of para-hydroxylation sites is 1. The molecule has 0 unspecified atom stereocenters. The molecule has 33 heavy (non-hydrogen) atoms. The van der Waals surface area contributed by atoms with Crippen LogP contribution in [0.3, 0.4) is 0 Å². The Kier molecular flexibility index (Phi) is 5.09. The Hall–Kier alpha value is -4.47. The van der Waals surface area contributed by atoms with Crippen molar-refractivity contribution in [2.24, 2.45) is 5.73 Å². The van der Waals surface area contributed by atoms with Gasteiger partial charge in [-0.1, -0.05) is 25.1 Å². The quantitative estimate of drug-likeness (QED) is 0.398. The molecule has 10 nitrogen and oxygen atoms in total. The molecule has 4 aromatic heterocycles. The summed E-state index contributed by atoms with van der Waals surface area (Å²) < 4.78 is 3.20. The largest absolute Gasteiger partial charge is 0.366 e. The molecule has 0 atom stereocenters. The first-order chi connectivity index (χ1) is 16.1. The minimum atomic E-state index is -0.568. The lowest BCUT2D eigenvalue weighted by molar-refractivity contribution is 0.100. The van der Waals surface area contributed by atoms with E-state index in [4.69, 9.17) is 10.8 Å². The van der Waals surface area contributed by atoms with E-state index in [1.54, 1.807) is 33.6 Å². The van der Waals surface area contributed by atoms with Crippen LogP contribution < -0.4 is 16.2 Å². The number of aromatic amines is 1. The number of nitrogens with two attached hydrogens (primary N) is 1. The molecule has 4 heterocycles. The maximum Gasteiger partial charge on any atom is 0.282 e. The molecule has 0 saturated heterocycles. The summed E-state index contributed by atoms with van der Waals surface area (Å²) >= 11 is 0. The minimum absolute atomic E-state index is 0.167. The van der Waals surface area contributed by atoms with Gasteiger partial charge in [0.2, 0.25) is 0 Å². The fraction of sp³-hybridized carbons (Fsp3) is 0.174. The second-order valence-electron chi connectivity index (χ2n) is 7.64. The van der Waals surface area contributed by atoms with Crippen molar-refractivity contribution in [1.29, 1.82) is 0 Å². The molecule has 0 spiro atoms. The number of hydrogen-bond acceptors (Lipinski definition) is 6. The van der Waals surface area contributed by atoms with E-state index in [0.717, 1.165) is 12.1 Å². The number of aromatic nitrogens is 6. The molecule has 0 bridgehead atoms. The first-order valence-electron chi connectivity index (χ1n) is 10.6. The molecule has 1 aromatic carbocycles. The molecule has 5 aromatic rings. The summed E-state index contributed by atoms with van der Waals surface area (Å²) in [4.78, 5) is 39.1. The molecule has 0 aliphatic rings. The average molecular weight is 442 g/mol. The number of amides is 1. The van der Waals surface area contributed by atoms with Crippen LogP contribution in [0.2, 0.25) is 0 Å². The van der Waals surface area contributed by atoms with Gasteiger partial charge in [0, 0.05) is 18.9 Å².